The van der Waals surface area contributed by atoms with Crippen molar-refractivity contribution in [3.63, 3.8) is 0 Å². The molecular weight excluding hydrogens is 336 g/mol. The summed E-state index contributed by atoms with van der Waals surface area (Å²) in [6, 6.07) is 18.8. The number of nitrogens with zero attached hydrogens (tertiary/aromatic N) is 2. The number of H-pyrrole nitrogens is 1. The highest BCUT2D eigenvalue weighted by molar-refractivity contribution is 5.82. The summed E-state index contributed by atoms with van der Waals surface area (Å²) in [7, 11) is 0. The Morgan fingerprint density at radius 1 is 1.04 bits per heavy atom. The number of aromatic amines is 1. The maximum absolute atomic E-state index is 12.1. The normalized spacial score (nSPS) is 17.7. The van der Waals surface area contributed by atoms with Crippen LogP contribution in [0.5, 0.6) is 0 Å². The van der Waals surface area contributed by atoms with Gasteiger partial charge in [0.15, 0.2) is 0 Å². The molecule has 1 saturated heterocycles. The van der Waals surface area contributed by atoms with Gasteiger partial charge >= 0.3 is 0 Å². The molecule has 1 amide bonds. The molecule has 0 bridgehead atoms. The molecule has 1 aromatic heterocycles. The number of carbonyl (C=O) groups is 1. The number of carbonyl (C=O) groups excluding carboxylic acids is 1. The van der Waals surface area contributed by atoms with Gasteiger partial charge in [0.05, 0.1) is 17.9 Å². The third-order valence-corrected chi connectivity index (χ3v) is 5.20. The van der Waals surface area contributed by atoms with E-state index < -0.39 is 0 Å². The van der Waals surface area contributed by atoms with Gasteiger partial charge in [0, 0.05) is 25.2 Å². The molecule has 138 valence electrons. The number of benzene rings is 2. The lowest BCUT2D eigenvalue weighted by Gasteiger charge is -2.34. The summed E-state index contributed by atoms with van der Waals surface area (Å²) in [4.78, 5) is 14.4. The fourth-order valence-corrected chi connectivity index (χ4v) is 3.75. The summed E-state index contributed by atoms with van der Waals surface area (Å²) in [5.41, 5.74) is 5.65. The van der Waals surface area contributed by atoms with Crippen molar-refractivity contribution in [2.24, 2.45) is 0 Å². The molecule has 1 aliphatic rings. The first-order valence-corrected chi connectivity index (χ1v) is 9.46. The summed E-state index contributed by atoms with van der Waals surface area (Å²) in [6.07, 6.45) is 2.68. The van der Waals surface area contributed by atoms with Crippen molar-refractivity contribution in [2.45, 2.75) is 25.9 Å². The Bertz CT molecular complexity index is 902. The van der Waals surface area contributed by atoms with Gasteiger partial charge in [-0.05, 0) is 23.1 Å². The van der Waals surface area contributed by atoms with Crippen molar-refractivity contribution in [3.8, 4) is 22.4 Å². The third kappa shape index (κ3) is 3.64. The fourth-order valence-electron chi connectivity index (χ4n) is 3.75. The van der Waals surface area contributed by atoms with Crippen LogP contribution in [-0.4, -0.2) is 40.1 Å². The molecule has 0 radical (unpaired) electrons. The van der Waals surface area contributed by atoms with E-state index in [1.807, 2.05) is 12.3 Å². The molecule has 2 heterocycles. The number of aromatic nitrogens is 2. The number of piperazine rings is 1. The fraction of sp³-hybridized carbons (Fsp3) is 0.273. The van der Waals surface area contributed by atoms with E-state index in [2.05, 4.69) is 75.9 Å². The molecule has 1 fully saturated rings. The molecule has 4 rings (SSSR count). The monoisotopic (exact) mass is 360 g/mol. The Labute approximate surface area is 159 Å². The molecule has 3 aromatic rings. The molecule has 5 heteroatoms. The predicted molar refractivity (Wildman–Crippen MR) is 107 cm³/mol. The highest BCUT2D eigenvalue weighted by Gasteiger charge is 2.28. The maximum Gasteiger partial charge on any atom is 0.237 e. The molecule has 1 atom stereocenters. The van der Waals surface area contributed by atoms with Gasteiger partial charge in [0.2, 0.25) is 5.91 Å². The van der Waals surface area contributed by atoms with E-state index in [0.29, 0.717) is 6.54 Å². The van der Waals surface area contributed by atoms with E-state index in [1.165, 1.54) is 11.1 Å². The zero-order valence-electron chi connectivity index (χ0n) is 15.5. The Hall–Kier alpha value is -2.92. The molecule has 1 aliphatic heterocycles. The van der Waals surface area contributed by atoms with Gasteiger partial charge in [-0.2, -0.15) is 5.10 Å². The first-order valence-electron chi connectivity index (χ1n) is 9.46. The van der Waals surface area contributed by atoms with Crippen molar-refractivity contribution >= 4 is 5.91 Å². The van der Waals surface area contributed by atoms with E-state index in [1.54, 1.807) is 0 Å². The lowest BCUT2D eigenvalue weighted by atomic mass is 10.0. The van der Waals surface area contributed by atoms with Gasteiger partial charge in [-0.25, -0.2) is 0 Å². The summed E-state index contributed by atoms with van der Waals surface area (Å²) in [5.74, 6) is 0.126. The molecule has 2 aromatic carbocycles. The summed E-state index contributed by atoms with van der Waals surface area (Å²) in [5, 5.41) is 10.4. The zero-order chi connectivity index (χ0) is 18.6. The van der Waals surface area contributed by atoms with E-state index in [4.69, 9.17) is 0 Å². The van der Waals surface area contributed by atoms with Crippen molar-refractivity contribution in [2.75, 3.05) is 13.1 Å². The van der Waals surface area contributed by atoms with Gasteiger partial charge in [-0.1, -0.05) is 61.5 Å². The van der Waals surface area contributed by atoms with Crippen molar-refractivity contribution in [1.82, 2.24) is 20.4 Å². The van der Waals surface area contributed by atoms with Crippen LogP contribution in [0.15, 0.2) is 60.8 Å². The van der Waals surface area contributed by atoms with Gasteiger partial charge in [0.25, 0.3) is 0 Å². The Balaban J connectivity index is 1.56. The highest BCUT2D eigenvalue weighted by Crippen LogP contribution is 2.27. The van der Waals surface area contributed by atoms with Crippen molar-refractivity contribution in [3.05, 3.63) is 66.4 Å². The molecular formula is C22H24N4O. The van der Waals surface area contributed by atoms with Crippen molar-refractivity contribution < 1.29 is 4.79 Å². The molecule has 2 N–H and O–H groups in total. The van der Waals surface area contributed by atoms with E-state index in [0.717, 1.165) is 36.3 Å². The zero-order valence-corrected chi connectivity index (χ0v) is 15.5. The summed E-state index contributed by atoms with van der Waals surface area (Å²) >= 11 is 0. The minimum Gasteiger partial charge on any atom is -0.353 e. The van der Waals surface area contributed by atoms with Crippen LogP contribution in [0, 0.1) is 0 Å². The average molecular weight is 360 g/mol. The van der Waals surface area contributed by atoms with Crippen molar-refractivity contribution in [1.29, 1.82) is 0 Å². The molecule has 27 heavy (non-hydrogen) atoms. The van der Waals surface area contributed by atoms with Gasteiger partial charge in [0.1, 0.15) is 0 Å². The first kappa shape index (κ1) is 17.5. The summed E-state index contributed by atoms with van der Waals surface area (Å²) in [6.45, 7) is 4.34. The SMILES string of the molecule is CC[C@H]1C(=O)NCCN1Cc1cn[nH]c1-c1ccc(-c2ccccc2)cc1. The van der Waals surface area contributed by atoms with Crippen LogP contribution >= 0.6 is 0 Å². The second-order valence-corrected chi connectivity index (χ2v) is 6.90. The number of hydrogen-bond donors (Lipinski definition) is 2. The molecule has 0 aliphatic carbocycles. The highest BCUT2D eigenvalue weighted by atomic mass is 16.2. The number of nitrogens with one attached hydrogen (secondary N) is 2. The van der Waals surface area contributed by atoms with Crippen LogP contribution in [0.25, 0.3) is 22.4 Å². The molecule has 0 unspecified atom stereocenters. The van der Waals surface area contributed by atoms with E-state index >= 15 is 0 Å². The minimum absolute atomic E-state index is 0.0676. The average Bonchev–Trinajstić information content (AvgIpc) is 3.17. The largest absolute Gasteiger partial charge is 0.353 e. The second-order valence-electron chi connectivity index (χ2n) is 6.90. The van der Waals surface area contributed by atoms with Gasteiger partial charge < -0.3 is 5.32 Å². The molecule has 0 saturated carbocycles. The Kier molecular flexibility index (Phi) is 5.03. The lowest BCUT2D eigenvalue weighted by Crippen LogP contribution is -2.54. The van der Waals surface area contributed by atoms with Crippen LogP contribution in [0.3, 0.4) is 0 Å². The smallest absolute Gasteiger partial charge is 0.237 e. The minimum atomic E-state index is -0.0676. The van der Waals surface area contributed by atoms with E-state index in [-0.39, 0.29) is 11.9 Å². The maximum atomic E-state index is 12.1. The van der Waals surface area contributed by atoms with Crippen LogP contribution < -0.4 is 5.32 Å². The first-order chi connectivity index (χ1) is 13.3. The predicted octanol–water partition coefficient (Wildman–Crippen LogP) is 3.45. The third-order valence-electron chi connectivity index (χ3n) is 5.20. The Morgan fingerprint density at radius 3 is 2.48 bits per heavy atom. The molecule has 0 spiro atoms. The van der Waals surface area contributed by atoms with Crippen LogP contribution in [0.2, 0.25) is 0 Å². The molecule has 5 nitrogen and oxygen atoms in total. The number of hydrogen-bond acceptors (Lipinski definition) is 3. The van der Waals surface area contributed by atoms with Crippen LogP contribution in [0.4, 0.5) is 0 Å². The lowest BCUT2D eigenvalue weighted by molar-refractivity contribution is -0.129. The van der Waals surface area contributed by atoms with Gasteiger partial charge in [-0.3, -0.25) is 14.8 Å². The van der Waals surface area contributed by atoms with Crippen LogP contribution in [-0.2, 0) is 11.3 Å². The number of amides is 1. The summed E-state index contributed by atoms with van der Waals surface area (Å²) < 4.78 is 0. The van der Waals surface area contributed by atoms with Crippen LogP contribution in [0.1, 0.15) is 18.9 Å². The van der Waals surface area contributed by atoms with E-state index in [9.17, 15) is 4.79 Å². The topological polar surface area (TPSA) is 61.0 Å². The standard InChI is InChI=1S/C22H24N4O/c1-2-20-22(27)23-12-13-26(20)15-19-14-24-25-21(19)18-10-8-17(9-11-18)16-6-4-3-5-7-16/h3-11,14,20H,2,12-13,15H2,1H3,(H,23,27)(H,24,25)/t20-/m0/s1. The number of rotatable bonds is 5. The Morgan fingerprint density at radius 2 is 1.74 bits per heavy atom. The van der Waals surface area contributed by atoms with Gasteiger partial charge in [-0.15, -0.1) is 0 Å². The second kappa shape index (κ2) is 7.76. The quantitative estimate of drug-likeness (QED) is 0.733.